The Hall–Kier alpha value is -2.01. The van der Waals surface area contributed by atoms with Gasteiger partial charge in [0.1, 0.15) is 18.3 Å². The number of hydrogen-bond acceptors (Lipinski definition) is 6. The molecule has 2 aliphatic heterocycles. The van der Waals surface area contributed by atoms with Crippen LogP contribution in [-0.2, 0) is 0 Å². The van der Waals surface area contributed by atoms with E-state index >= 15 is 0 Å². The number of nitrogens with zero attached hydrogens (tertiary/aromatic N) is 4. The Morgan fingerprint density at radius 2 is 2.07 bits per heavy atom. The Morgan fingerprint density at radius 3 is 2.83 bits per heavy atom. The van der Waals surface area contributed by atoms with Gasteiger partial charge in [0.25, 0.3) is 0 Å². The van der Waals surface area contributed by atoms with Gasteiger partial charge in [-0.05, 0) is 19.4 Å². The number of rotatable bonds is 5. The molecule has 4 heterocycles. The number of alkyl halides is 4. The molecule has 2 atom stereocenters. The van der Waals surface area contributed by atoms with Crippen LogP contribution in [-0.4, -0.2) is 64.0 Å². The average molecular weight is 439 g/mol. The molecule has 0 aromatic carbocycles. The van der Waals surface area contributed by atoms with Crippen molar-refractivity contribution in [3.05, 3.63) is 17.2 Å². The molecule has 6 nitrogen and oxygen atoms in total. The van der Waals surface area contributed by atoms with Crippen molar-refractivity contribution < 1.29 is 31.4 Å². The maximum atomic E-state index is 14.4. The fraction of sp³-hybridized carbons (Fsp3) is 0.588. The predicted octanol–water partition coefficient (Wildman–Crippen LogP) is 3.71. The summed E-state index contributed by atoms with van der Waals surface area (Å²) in [7, 11) is 0. The predicted molar refractivity (Wildman–Crippen MR) is 92.4 cm³/mol. The number of aromatic nitrogens is 3. The van der Waals surface area contributed by atoms with E-state index in [0.29, 0.717) is 13.0 Å². The van der Waals surface area contributed by atoms with Crippen molar-refractivity contribution in [1.82, 2.24) is 19.9 Å². The lowest BCUT2D eigenvalue weighted by Crippen LogP contribution is -2.43. The molecule has 1 unspecified atom stereocenters. The number of fused-ring (bicyclic) bond motifs is 2. The van der Waals surface area contributed by atoms with Gasteiger partial charge in [0.05, 0.1) is 10.9 Å². The monoisotopic (exact) mass is 438 g/mol. The average Bonchev–Trinajstić information content (AvgIpc) is 3.16. The van der Waals surface area contributed by atoms with Gasteiger partial charge in [-0.3, -0.25) is 4.90 Å². The van der Waals surface area contributed by atoms with Crippen LogP contribution in [0.1, 0.15) is 19.3 Å². The van der Waals surface area contributed by atoms with Gasteiger partial charge < -0.3 is 9.47 Å². The van der Waals surface area contributed by atoms with Crippen LogP contribution in [0.2, 0.25) is 5.15 Å². The van der Waals surface area contributed by atoms with Gasteiger partial charge in [-0.2, -0.15) is 23.1 Å². The summed E-state index contributed by atoms with van der Waals surface area (Å²) < 4.78 is 76.3. The molecule has 0 amide bonds. The van der Waals surface area contributed by atoms with E-state index in [1.54, 1.807) is 0 Å². The summed E-state index contributed by atoms with van der Waals surface area (Å²) in [6.07, 6.45) is -2.71. The Kier molecular flexibility index (Phi) is 5.14. The number of halogens is 6. The first-order valence-corrected chi connectivity index (χ1v) is 9.28. The second-order valence-electron chi connectivity index (χ2n) is 7.20. The molecule has 4 rings (SSSR count). The molecule has 0 radical (unpaired) electrons. The van der Waals surface area contributed by atoms with Crippen LogP contribution in [0.5, 0.6) is 11.9 Å². The van der Waals surface area contributed by atoms with Gasteiger partial charge in [-0.15, -0.1) is 0 Å². The van der Waals surface area contributed by atoms with Crippen molar-refractivity contribution in [3.63, 3.8) is 0 Å². The smallest absolute Gasteiger partial charge is 0.422 e. The lowest BCUT2D eigenvalue weighted by atomic mass is 9.95. The van der Waals surface area contributed by atoms with Crippen molar-refractivity contribution in [2.24, 2.45) is 0 Å². The van der Waals surface area contributed by atoms with Crippen LogP contribution in [0.4, 0.5) is 22.0 Å². The first-order valence-electron chi connectivity index (χ1n) is 8.90. The molecular weight excluding hydrogens is 423 g/mol. The zero-order valence-electron chi connectivity index (χ0n) is 15.0. The summed E-state index contributed by atoms with van der Waals surface area (Å²) in [5.41, 5.74) is -0.901. The van der Waals surface area contributed by atoms with Crippen LogP contribution >= 0.6 is 11.6 Å². The van der Waals surface area contributed by atoms with E-state index < -0.39 is 41.3 Å². The number of pyridine rings is 1. The molecule has 2 aliphatic rings. The fourth-order valence-corrected chi connectivity index (χ4v) is 4.10. The van der Waals surface area contributed by atoms with Gasteiger partial charge >= 0.3 is 12.2 Å². The second kappa shape index (κ2) is 7.35. The highest BCUT2D eigenvalue weighted by atomic mass is 35.5. The Bertz CT molecular complexity index is 931. The van der Waals surface area contributed by atoms with Crippen molar-refractivity contribution >= 4 is 22.5 Å². The Balaban J connectivity index is 1.64. The van der Waals surface area contributed by atoms with E-state index in [-0.39, 0.29) is 29.9 Å². The third kappa shape index (κ3) is 4.02. The van der Waals surface area contributed by atoms with Gasteiger partial charge in [-0.1, -0.05) is 11.6 Å². The standard InChI is InChI=1S/C17H16ClF5N4O2/c18-13-11(20)12-10(5-24-13)14(28-8-17(21,22)23)26-15(25-12)29-7-16-2-1-3-27(16)6-9(19)4-16/h5,9H,1-4,6-8H2/t9-,16?/m1/s1. The summed E-state index contributed by atoms with van der Waals surface area (Å²) in [4.78, 5) is 13.3. The molecule has 2 fully saturated rings. The molecule has 0 N–H and O–H groups in total. The third-order valence-corrected chi connectivity index (χ3v) is 5.45. The van der Waals surface area contributed by atoms with Crippen molar-refractivity contribution in [1.29, 1.82) is 0 Å². The molecule has 12 heteroatoms. The summed E-state index contributed by atoms with van der Waals surface area (Å²) in [6.45, 7) is -0.571. The van der Waals surface area contributed by atoms with E-state index in [1.165, 1.54) is 0 Å². The molecule has 0 saturated carbocycles. The van der Waals surface area contributed by atoms with Crippen LogP contribution in [0.25, 0.3) is 10.9 Å². The number of ether oxygens (including phenoxy) is 2. The van der Waals surface area contributed by atoms with Crippen molar-refractivity contribution in [3.8, 4) is 11.9 Å². The molecule has 158 valence electrons. The molecule has 0 spiro atoms. The first-order chi connectivity index (χ1) is 13.7. The highest BCUT2D eigenvalue weighted by Crippen LogP contribution is 2.40. The summed E-state index contributed by atoms with van der Waals surface area (Å²) >= 11 is 5.65. The SMILES string of the molecule is Fc1c(Cl)ncc2c(OCC(F)(F)F)nc(OCC34CCCN3C[C@H](F)C4)nc12. The minimum Gasteiger partial charge on any atom is -0.467 e. The van der Waals surface area contributed by atoms with E-state index in [2.05, 4.69) is 15.0 Å². The van der Waals surface area contributed by atoms with Gasteiger partial charge in [0.15, 0.2) is 17.6 Å². The van der Waals surface area contributed by atoms with Crippen LogP contribution in [0.3, 0.4) is 0 Å². The van der Waals surface area contributed by atoms with Gasteiger partial charge in [0.2, 0.25) is 5.88 Å². The van der Waals surface area contributed by atoms with Gasteiger partial charge in [-0.25, -0.2) is 13.8 Å². The van der Waals surface area contributed by atoms with Crippen molar-refractivity contribution in [2.45, 2.75) is 37.1 Å². The zero-order valence-corrected chi connectivity index (χ0v) is 15.7. The van der Waals surface area contributed by atoms with Crippen molar-refractivity contribution in [2.75, 3.05) is 26.3 Å². The van der Waals surface area contributed by atoms with E-state index in [9.17, 15) is 22.0 Å². The second-order valence-corrected chi connectivity index (χ2v) is 7.56. The highest BCUT2D eigenvalue weighted by Gasteiger charge is 2.49. The third-order valence-electron chi connectivity index (χ3n) is 5.19. The summed E-state index contributed by atoms with van der Waals surface area (Å²) in [5, 5.41) is -0.672. The molecule has 2 aromatic heterocycles. The summed E-state index contributed by atoms with van der Waals surface area (Å²) in [6, 6.07) is -0.376. The molecule has 2 saturated heterocycles. The largest absolute Gasteiger partial charge is 0.467 e. The number of hydrogen-bond donors (Lipinski definition) is 0. The quantitative estimate of drug-likeness (QED) is 0.524. The molecule has 2 aromatic rings. The van der Waals surface area contributed by atoms with E-state index in [0.717, 1.165) is 19.2 Å². The van der Waals surface area contributed by atoms with E-state index in [4.69, 9.17) is 21.1 Å². The van der Waals surface area contributed by atoms with Gasteiger partial charge in [0, 0.05) is 19.2 Å². The molecule has 29 heavy (non-hydrogen) atoms. The Morgan fingerprint density at radius 1 is 1.28 bits per heavy atom. The molecular formula is C17H16ClF5N4O2. The molecule has 0 aliphatic carbocycles. The minimum atomic E-state index is -4.63. The highest BCUT2D eigenvalue weighted by molar-refractivity contribution is 6.30. The fourth-order valence-electron chi connectivity index (χ4n) is 3.96. The lowest BCUT2D eigenvalue weighted by molar-refractivity contribution is -0.153. The van der Waals surface area contributed by atoms with Crippen LogP contribution in [0, 0.1) is 5.82 Å². The summed E-state index contributed by atoms with van der Waals surface area (Å²) in [5.74, 6) is -1.56. The normalized spacial score (nSPS) is 24.8. The Labute approximate surface area is 167 Å². The van der Waals surface area contributed by atoms with Crippen LogP contribution in [0.15, 0.2) is 6.20 Å². The van der Waals surface area contributed by atoms with E-state index in [1.807, 2.05) is 4.90 Å². The maximum absolute atomic E-state index is 14.4. The maximum Gasteiger partial charge on any atom is 0.422 e. The minimum absolute atomic E-state index is 0.0259. The zero-order chi connectivity index (χ0) is 20.8. The first kappa shape index (κ1) is 20.3. The molecule has 0 bridgehead atoms. The topological polar surface area (TPSA) is 60.4 Å². The lowest BCUT2D eigenvalue weighted by Gasteiger charge is -2.30. The van der Waals surface area contributed by atoms with Crippen LogP contribution < -0.4 is 9.47 Å².